The summed E-state index contributed by atoms with van der Waals surface area (Å²) in [7, 11) is -0.919. The quantitative estimate of drug-likeness (QED) is 0.317. The molecule has 42 heavy (non-hydrogen) atoms. The number of hydrogen-bond acceptors (Lipinski definition) is 5. The number of rotatable bonds is 6. The Kier molecular flexibility index (Phi) is 7.69. The number of amides is 1. The maximum atomic E-state index is 13.2. The van der Waals surface area contributed by atoms with E-state index in [1.807, 2.05) is 82.3 Å². The molecule has 6 nitrogen and oxygen atoms in total. The van der Waals surface area contributed by atoms with Crippen LogP contribution in [0.4, 0.5) is 18.0 Å². The van der Waals surface area contributed by atoms with E-state index < -0.39 is 36.2 Å². The van der Waals surface area contributed by atoms with Crippen LogP contribution in [0.15, 0.2) is 72.2 Å². The van der Waals surface area contributed by atoms with E-state index in [2.05, 4.69) is 5.32 Å². The average Bonchev–Trinajstić information content (AvgIpc) is 3.38. The highest BCUT2D eigenvalue weighted by Crippen LogP contribution is 2.44. The van der Waals surface area contributed by atoms with Gasteiger partial charge >= 0.3 is 19.4 Å². The zero-order chi connectivity index (χ0) is 30.3. The molecule has 10 heteroatoms. The summed E-state index contributed by atoms with van der Waals surface area (Å²) >= 11 is 0. The number of carbonyl (C=O) groups is 1. The van der Waals surface area contributed by atoms with E-state index >= 15 is 0 Å². The smallest absolute Gasteiger partial charge is 0.449 e. The van der Waals surface area contributed by atoms with Gasteiger partial charge in [0.05, 0.1) is 28.4 Å². The lowest BCUT2D eigenvalue weighted by Gasteiger charge is -2.32. The Morgan fingerprint density at radius 1 is 1.00 bits per heavy atom. The van der Waals surface area contributed by atoms with Gasteiger partial charge in [0.25, 0.3) is 0 Å². The van der Waals surface area contributed by atoms with E-state index in [4.69, 9.17) is 14.0 Å². The molecule has 1 aliphatic heterocycles. The molecule has 1 fully saturated rings. The maximum absolute atomic E-state index is 13.2. The van der Waals surface area contributed by atoms with E-state index in [1.165, 1.54) is 12.1 Å². The summed E-state index contributed by atoms with van der Waals surface area (Å²) in [5.74, 6) is -0.119. The van der Waals surface area contributed by atoms with Crippen molar-refractivity contribution in [3.8, 4) is 17.2 Å². The molecule has 2 aliphatic rings. The molecular formula is C32H30BF3N2O4. The number of alkyl carbamates (subject to hydrolysis) is 1. The second-order valence-corrected chi connectivity index (χ2v) is 11.4. The Labute approximate surface area is 243 Å². The maximum Gasteiger partial charge on any atom is 0.492 e. The number of nitrogens with zero attached hydrogens (tertiary/aromatic N) is 1. The molecule has 5 rings (SSSR count). The Hall–Kier alpha value is -4.07. The van der Waals surface area contributed by atoms with Gasteiger partial charge in [0, 0.05) is 12.5 Å². The van der Waals surface area contributed by atoms with Gasteiger partial charge in [0.2, 0.25) is 0 Å². The third kappa shape index (κ3) is 5.67. The Morgan fingerprint density at radius 3 is 2.12 bits per heavy atom. The van der Waals surface area contributed by atoms with Crippen LogP contribution >= 0.6 is 0 Å². The number of alkyl halides is 3. The highest BCUT2D eigenvalue weighted by molar-refractivity contribution is 6.56. The Morgan fingerprint density at radius 2 is 1.57 bits per heavy atom. The minimum Gasteiger partial charge on any atom is -0.449 e. The first-order valence-corrected chi connectivity index (χ1v) is 13.6. The average molecular weight is 574 g/mol. The van der Waals surface area contributed by atoms with Crippen molar-refractivity contribution >= 4 is 19.3 Å². The van der Waals surface area contributed by atoms with Crippen LogP contribution in [0.25, 0.3) is 17.2 Å². The summed E-state index contributed by atoms with van der Waals surface area (Å²) in [5, 5.41) is 12.3. The second-order valence-electron chi connectivity index (χ2n) is 11.4. The molecule has 1 N–H and O–H groups in total. The first-order chi connectivity index (χ1) is 19.8. The van der Waals surface area contributed by atoms with Gasteiger partial charge in [0.1, 0.15) is 6.61 Å². The lowest BCUT2D eigenvalue weighted by atomic mass is 9.76. The van der Waals surface area contributed by atoms with E-state index in [0.717, 1.165) is 34.4 Å². The van der Waals surface area contributed by atoms with Crippen LogP contribution in [0.1, 0.15) is 61.4 Å². The van der Waals surface area contributed by atoms with Gasteiger partial charge in [0.15, 0.2) is 0 Å². The lowest BCUT2D eigenvalue weighted by molar-refractivity contribution is -0.137. The zero-order valence-electron chi connectivity index (χ0n) is 23.7. The van der Waals surface area contributed by atoms with Crippen molar-refractivity contribution in [3.63, 3.8) is 0 Å². The number of fused-ring (bicyclic) bond motifs is 3. The van der Waals surface area contributed by atoms with Crippen molar-refractivity contribution < 1.29 is 32.0 Å². The molecule has 0 aromatic heterocycles. The van der Waals surface area contributed by atoms with Crippen molar-refractivity contribution in [2.75, 3.05) is 13.2 Å². The molecule has 3 aromatic rings. The number of ether oxygens (including phenoxy) is 1. The number of hydrogen-bond donors (Lipinski definition) is 1. The first kappa shape index (κ1) is 29.4. The van der Waals surface area contributed by atoms with Crippen molar-refractivity contribution in [1.82, 2.24) is 5.32 Å². The molecule has 1 saturated heterocycles. The predicted molar refractivity (Wildman–Crippen MR) is 153 cm³/mol. The zero-order valence-corrected chi connectivity index (χ0v) is 23.7. The lowest BCUT2D eigenvalue weighted by Crippen LogP contribution is -2.41. The van der Waals surface area contributed by atoms with Crippen molar-refractivity contribution in [3.05, 3.63) is 100 Å². The fourth-order valence-corrected chi connectivity index (χ4v) is 5.18. The van der Waals surface area contributed by atoms with Crippen molar-refractivity contribution in [2.24, 2.45) is 0 Å². The van der Waals surface area contributed by atoms with Gasteiger partial charge in [-0.3, -0.25) is 0 Å². The van der Waals surface area contributed by atoms with Crippen molar-refractivity contribution in [2.45, 2.75) is 51.0 Å². The van der Waals surface area contributed by atoms with Crippen LogP contribution in [0, 0.1) is 11.3 Å². The molecule has 0 atom stereocenters. The van der Waals surface area contributed by atoms with Gasteiger partial charge in [-0.25, -0.2) is 4.79 Å². The summed E-state index contributed by atoms with van der Waals surface area (Å²) in [6, 6.07) is 20.8. The molecular weight excluding hydrogens is 544 g/mol. The predicted octanol–water partition coefficient (Wildman–Crippen LogP) is 7.13. The largest absolute Gasteiger partial charge is 0.492 e. The third-order valence-corrected chi connectivity index (χ3v) is 8.18. The summed E-state index contributed by atoms with van der Waals surface area (Å²) in [4.78, 5) is 12.9. The molecule has 1 amide bonds. The van der Waals surface area contributed by atoms with Gasteiger partial charge in [-0.2, -0.15) is 18.4 Å². The summed E-state index contributed by atoms with van der Waals surface area (Å²) in [6.07, 6.45) is -3.74. The van der Waals surface area contributed by atoms with Crippen LogP contribution in [0.5, 0.6) is 0 Å². The van der Waals surface area contributed by atoms with Crippen molar-refractivity contribution in [1.29, 1.82) is 5.26 Å². The molecule has 1 aliphatic carbocycles. The monoisotopic (exact) mass is 574 g/mol. The van der Waals surface area contributed by atoms with E-state index in [-0.39, 0.29) is 30.2 Å². The molecule has 1 heterocycles. The van der Waals surface area contributed by atoms with Crippen LogP contribution in [0.2, 0.25) is 0 Å². The molecule has 0 radical (unpaired) electrons. The topological polar surface area (TPSA) is 80.6 Å². The third-order valence-electron chi connectivity index (χ3n) is 8.18. The Balaban J connectivity index is 1.35. The molecule has 0 bridgehead atoms. The second kappa shape index (κ2) is 11.0. The van der Waals surface area contributed by atoms with Gasteiger partial charge in [-0.1, -0.05) is 60.7 Å². The normalized spacial score (nSPS) is 17.4. The fraction of sp³-hybridized carbons (Fsp3) is 0.312. The van der Waals surface area contributed by atoms with Crippen LogP contribution in [-0.4, -0.2) is 37.6 Å². The van der Waals surface area contributed by atoms with Gasteiger partial charge < -0.3 is 19.4 Å². The molecule has 3 aromatic carbocycles. The highest BCUT2D eigenvalue weighted by atomic mass is 19.4. The SMILES string of the molecule is CC1(C)OB(C(=Cc2ccc(C(F)(F)F)cc2C#N)CNC(=O)OCC2c3ccccc3-c3ccccc32)OC1(C)C. The Bertz CT molecular complexity index is 1530. The van der Waals surface area contributed by atoms with E-state index in [9.17, 15) is 23.2 Å². The summed E-state index contributed by atoms with van der Waals surface area (Å²) in [5.41, 5.74) is 2.52. The minimum atomic E-state index is -4.59. The van der Waals surface area contributed by atoms with Gasteiger partial charge in [-0.15, -0.1) is 0 Å². The summed E-state index contributed by atoms with van der Waals surface area (Å²) in [6.45, 7) is 7.49. The molecule has 0 spiro atoms. The van der Waals surface area contributed by atoms with Gasteiger partial charge in [-0.05, 0) is 73.1 Å². The number of nitrogens with one attached hydrogen (secondary N) is 1. The standard InChI is InChI=1S/C32H30BF3N2O4/c1-30(2)31(3,4)42-33(41-30)23(16-20-13-14-22(32(34,35)36)15-21(20)17-37)18-38-29(39)40-19-28-26-11-7-5-9-24(26)25-10-6-8-12-27(25)28/h5-16,28H,18-19H2,1-4H3,(H,38,39). The number of benzene rings is 3. The van der Waals surface area contributed by atoms with Crippen LogP contribution < -0.4 is 5.32 Å². The summed E-state index contributed by atoms with van der Waals surface area (Å²) < 4.78 is 57.7. The number of carbonyl (C=O) groups excluding carboxylic acids is 1. The molecule has 0 unspecified atom stereocenters. The van der Waals surface area contributed by atoms with Crippen LogP contribution in [0.3, 0.4) is 0 Å². The first-order valence-electron chi connectivity index (χ1n) is 13.6. The van der Waals surface area contributed by atoms with E-state index in [1.54, 1.807) is 0 Å². The fourth-order valence-electron chi connectivity index (χ4n) is 5.18. The number of halogens is 3. The molecule has 0 saturated carbocycles. The highest BCUT2D eigenvalue weighted by Gasteiger charge is 2.52. The van der Waals surface area contributed by atoms with E-state index in [0.29, 0.717) is 5.47 Å². The van der Waals surface area contributed by atoms with Crippen LogP contribution in [-0.2, 0) is 20.2 Å². The molecule has 216 valence electrons. The minimum absolute atomic E-state index is 0.0839. The number of nitriles is 1.